The van der Waals surface area contributed by atoms with Gasteiger partial charge in [-0.15, -0.1) is 0 Å². The number of allylic oxidation sites excluding steroid dienone is 1. The summed E-state index contributed by atoms with van der Waals surface area (Å²) in [5, 5.41) is 0. The van der Waals surface area contributed by atoms with Crippen LogP contribution in [0.15, 0.2) is 30.3 Å². The van der Waals surface area contributed by atoms with Crippen LogP contribution in [-0.2, 0) is 4.74 Å². The lowest BCUT2D eigenvalue weighted by molar-refractivity contribution is 0.157. The van der Waals surface area contributed by atoms with Crippen molar-refractivity contribution in [2.45, 2.75) is 13.0 Å². The van der Waals surface area contributed by atoms with Crippen LogP contribution in [0.4, 0.5) is 0 Å². The van der Waals surface area contributed by atoms with E-state index in [1.54, 1.807) is 0 Å². The third kappa shape index (κ3) is 2.03. The molecule has 2 fully saturated rings. The number of rotatable bonds is 3. The van der Waals surface area contributed by atoms with E-state index in [2.05, 4.69) is 36.4 Å². The lowest BCUT2D eigenvalue weighted by atomic mass is 10.0. The van der Waals surface area contributed by atoms with Gasteiger partial charge in [0.05, 0.1) is 13.2 Å². The molecule has 1 aromatic carbocycles. The molecule has 0 radical (unpaired) electrons. The fourth-order valence-corrected chi connectivity index (χ4v) is 2.86. The predicted molar refractivity (Wildman–Crippen MR) is 69.4 cm³/mol. The molecule has 0 spiro atoms. The lowest BCUT2D eigenvalue weighted by Gasteiger charge is -2.09. The van der Waals surface area contributed by atoms with Gasteiger partial charge in [-0.1, -0.05) is 36.4 Å². The van der Waals surface area contributed by atoms with E-state index < -0.39 is 0 Å². The summed E-state index contributed by atoms with van der Waals surface area (Å²) in [5.41, 5.74) is 8.46. The Kier molecular flexibility index (Phi) is 2.77. The molecule has 1 saturated heterocycles. The molecule has 1 aromatic rings. The molecule has 2 heteroatoms. The minimum atomic E-state index is 0.0953. The molecule has 2 aliphatic rings. The Morgan fingerprint density at radius 3 is 2.71 bits per heavy atom. The van der Waals surface area contributed by atoms with Gasteiger partial charge in [0.15, 0.2) is 0 Å². The molecule has 3 rings (SSSR count). The molecule has 2 N–H and O–H groups in total. The molecule has 1 heterocycles. The van der Waals surface area contributed by atoms with Crippen LogP contribution in [-0.4, -0.2) is 13.2 Å². The van der Waals surface area contributed by atoms with Gasteiger partial charge < -0.3 is 10.5 Å². The zero-order chi connectivity index (χ0) is 11.8. The Bertz CT molecular complexity index is 428. The van der Waals surface area contributed by atoms with Crippen molar-refractivity contribution >= 4 is 6.08 Å². The molecule has 0 bridgehead atoms. The van der Waals surface area contributed by atoms with Crippen LogP contribution in [0, 0.1) is 17.8 Å². The van der Waals surface area contributed by atoms with Crippen LogP contribution < -0.4 is 5.73 Å². The highest BCUT2D eigenvalue weighted by molar-refractivity contribution is 5.55. The molecular formula is C15H19NO. The Labute approximate surface area is 102 Å². The maximum Gasteiger partial charge on any atom is 0.0503 e. The molecule has 4 atom stereocenters. The summed E-state index contributed by atoms with van der Waals surface area (Å²) in [6, 6.07) is 8.47. The minimum absolute atomic E-state index is 0.0953. The Hall–Kier alpha value is -1.12. The van der Waals surface area contributed by atoms with Gasteiger partial charge in [-0.2, -0.15) is 0 Å². The van der Waals surface area contributed by atoms with Gasteiger partial charge in [0.2, 0.25) is 0 Å². The molecule has 0 amide bonds. The normalized spacial score (nSPS) is 32.7. The van der Waals surface area contributed by atoms with E-state index in [4.69, 9.17) is 10.5 Å². The summed E-state index contributed by atoms with van der Waals surface area (Å²) in [6.07, 6.45) is 4.58. The first kappa shape index (κ1) is 11.0. The summed E-state index contributed by atoms with van der Waals surface area (Å²) in [7, 11) is 0. The van der Waals surface area contributed by atoms with Crippen LogP contribution >= 0.6 is 0 Å². The molecule has 1 aliphatic carbocycles. The summed E-state index contributed by atoms with van der Waals surface area (Å²) < 4.78 is 5.40. The van der Waals surface area contributed by atoms with Crippen molar-refractivity contribution < 1.29 is 4.74 Å². The molecule has 1 saturated carbocycles. The maximum absolute atomic E-state index is 5.97. The maximum atomic E-state index is 5.97. The smallest absolute Gasteiger partial charge is 0.0503 e. The number of nitrogens with two attached hydrogens (primary N) is 1. The van der Waals surface area contributed by atoms with Crippen LogP contribution in [0.2, 0.25) is 0 Å². The lowest BCUT2D eigenvalue weighted by Crippen LogP contribution is -2.06. The number of hydrogen-bond donors (Lipinski definition) is 1. The van der Waals surface area contributed by atoms with E-state index in [-0.39, 0.29) is 6.04 Å². The average Bonchev–Trinajstić information content (AvgIpc) is 2.77. The van der Waals surface area contributed by atoms with Crippen molar-refractivity contribution in [1.82, 2.24) is 0 Å². The van der Waals surface area contributed by atoms with E-state index in [1.165, 1.54) is 11.1 Å². The van der Waals surface area contributed by atoms with E-state index in [0.717, 1.165) is 31.0 Å². The first-order chi connectivity index (χ1) is 8.27. The Morgan fingerprint density at radius 2 is 2.00 bits per heavy atom. The summed E-state index contributed by atoms with van der Waals surface area (Å²) in [6.45, 7) is 3.94. The second-order valence-corrected chi connectivity index (χ2v) is 5.22. The van der Waals surface area contributed by atoms with E-state index in [1.807, 2.05) is 6.92 Å². The number of benzene rings is 1. The number of hydrogen-bond acceptors (Lipinski definition) is 2. The van der Waals surface area contributed by atoms with Gasteiger partial charge in [-0.3, -0.25) is 0 Å². The summed E-state index contributed by atoms with van der Waals surface area (Å²) >= 11 is 0. The molecule has 1 aliphatic heterocycles. The molecule has 2 nitrogen and oxygen atoms in total. The Balaban J connectivity index is 1.74. The summed E-state index contributed by atoms with van der Waals surface area (Å²) in [4.78, 5) is 0. The third-order valence-corrected chi connectivity index (χ3v) is 4.00. The monoisotopic (exact) mass is 229 g/mol. The van der Waals surface area contributed by atoms with Gasteiger partial charge in [0.25, 0.3) is 0 Å². The van der Waals surface area contributed by atoms with Crippen molar-refractivity contribution in [3.05, 3.63) is 41.5 Å². The molecule has 17 heavy (non-hydrogen) atoms. The molecule has 90 valence electrons. The first-order valence-corrected chi connectivity index (χ1v) is 6.38. The van der Waals surface area contributed by atoms with Gasteiger partial charge in [-0.25, -0.2) is 0 Å². The van der Waals surface area contributed by atoms with Crippen molar-refractivity contribution in [3.8, 4) is 0 Å². The predicted octanol–water partition coefficient (Wildman–Crippen LogP) is 2.61. The average molecular weight is 229 g/mol. The second kappa shape index (κ2) is 4.28. The quantitative estimate of drug-likeness (QED) is 0.864. The third-order valence-electron chi connectivity index (χ3n) is 4.00. The van der Waals surface area contributed by atoms with Crippen LogP contribution in [0.25, 0.3) is 6.08 Å². The highest BCUT2D eigenvalue weighted by Gasteiger charge is 2.52. The van der Waals surface area contributed by atoms with Crippen molar-refractivity contribution in [2.75, 3.05) is 13.2 Å². The van der Waals surface area contributed by atoms with Gasteiger partial charge in [0, 0.05) is 6.04 Å². The topological polar surface area (TPSA) is 35.2 Å². The highest BCUT2D eigenvalue weighted by Crippen LogP contribution is 2.51. The largest absolute Gasteiger partial charge is 0.381 e. The van der Waals surface area contributed by atoms with Crippen LogP contribution in [0.5, 0.6) is 0 Å². The van der Waals surface area contributed by atoms with Gasteiger partial charge >= 0.3 is 0 Å². The fourth-order valence-electron chi connectivity index (χ4n) is 2.86. The first-order valence-electron chi connectivity index (χ1n) is 6.38. The van der Waals surface area contributed by atoms with Crippen molar-refractivity contribution in [1.29, 1.82) is 0 Å². The second-order valence-electron chi connectivity index (χ2n) is 5.22. The van der Waals surface area contributed by atoms with E-state index >= 15 is 0 Å². The Morgan fingerprint density at radius 1 is 1.29 bits per heavy atom. The van der Waals surface area contributed by atoms with Crippen molar-refractivity contribution in [2.24, 2.45) is 23.5 Å². The zero-order valence-electron chi connectivity index (χ0n) is 10.2. The van der Waals surface area contributed by atoms with E-state index in [0.29, 0.717) is 0 Å². The zero-order valence-corrected chi connectivity index (χ0v) is 10.2. The van der Waals surface area contributed by atoms with Crippen LogP contribution in [0.1, 0.15) is 24.1 Å². The van der Waals surface area contributed by atoms with Gasteiger partial charge in [0.1, 0.15) is 0 Å². The van der Waals surface area contributed by atoms with E-state index in [9.17, 15) is 0 Å². The minimum Gasteiger partial charge on any atom is -0.381 e. The highest BCUT2D eigenvalue weighted by atomic mass is 16.5. The number of fused-ring (bicyclic) bond motifs is 1. The molecule has 0 aromatic heterocycles. The van der Waals surface area contributed by atoms with Crippen LogP contribution in [0.3, 0.4) is 0 Å². The van der Waals surface area contributed by atoms with Crippen molar-refractivity contribution in [3.63, 3.8) is 0 Å². The standard InChI is InChI=1S/C15H19NO/c1-10(16)12-5-3-2-4-11(12)6-7-13-14-8-17-9-15(13)14/h2-7,10,13-15H,8-9,16H2,1H3/b7-6+/t10-,13?,14-,15?/m0/s1. The summed E-state index contributed by atoms with van der Waals surface area (Å²) in [5.74, 6) is 2.31. The van der Waals surface area contributed by atoms with Gasteiger partial charge in [-0.05, 0) is 35.8 Å². The molecular weight excluding hydrogens is 210 g/mol. The fraction of sp³-hybridized carbons (Fsp3) is 0.467. The molecule has 2 unspecified atom stereocenters. The number of ether oxygens (including phenoxy) is 1. The SMILES string of the molecule is C[C@H](N)c1ccccc1/C=C/C1C2COC[C@@H]12.